The van der Waals surface area contributed by atoms with Crippen LogP contribution in [0.5, 0.6) is 0 Å². The molecule has 0 N–H and O–H groups in total. The van der Waals surface area contributed by atoms with Gasteiger partial charge in [0.1, 0.15) is 6.54 Å². The smallest absolute Gasteiger partial charge is 0.346 e. The Morgan fingerprint density at radius 1 is 0.947 bits per heavy atom. The fourth-order valence-corrected chi connectivity index (χ4v) is 4.79. The number of esters is 1. The van der Waals surface area contributed by atoms with E-state index in [1.807, 2.05) is 0 Å². The monoisotopic (exact) mass is 571 g/mol. The molecule has 1 heterocycles. The van der Waals surface area contributed by atoms with Crippen LogP contribution in [0, 0.1) is 0 Å². The first-order valence-electron chi connectivity index (χ1n) is 11.8. The van der Waals surface area contributed by atoms with Crippen LogP contribution in [0.2, 0.25) is 15.1 Å². The lowest BCUT2D eigenvalue weighted by molar-refractivity contribution is -0.119. The summed E-state index contributed by atoms with van der Waals surface area (Å²) in [7, 11) is 1.31. The van der Waals surface area contributed by atoms with Crippen molar-refractivity contribution in [3.63, 3.8) is 0 Å². The first-order valence-corrected chi connectivity index (χ1v) is 13.0. The molecule has 10 heteroatoms. The molecule has 0 radical (unpaired) electrons. The van der Waals surface area contributed by atoms with Crippen LogP contribution in [0.15, 0.2) is 71.5 Å². The second kappa shape index (κ2) is 12.4. The number of halogens is 3. The van der Waals surface area contributed by atoms with Crippen molar-refractivity contribution in [2.24, 2.45) is 0 Å². The Labute approximate surface area is 234 Å². The molecule has 0 aliphatic rings. The molecule has 4 rings (SSSR count). The van der Waals surface area contributed by atoms with Gasteiger partial charge in [0.25, 0.3) is 0 Å². The molecule has 0 atom stereocenters. The number of hydrogen-bond donors (Lipinski definition) is 0. The maximum absolute atomic E-state index is 13.4. The van der Waals surface area contributed by atoms with E-state index >= 15 is 0 Å². The van der Waals surface area contributed by atoms with E-state index in [1.54, 1.807) is 66.7 Å². The Morgan fingerprint density at radius 2 is 1.63 bits per heavy atom. The van der Waals surface area contributed by atoms with Gasteiger partial charge in [-0.25, -0.2) is 14.3 Å². The molecule has 0 unspecified atom stereocenters. The molecule has 0 amide bonds. The molecule has 0 fully saturated rings. The van der Waals surface area contributed by atoms with Crippen LogP contribution in [0.1, 0.15) is 34.3 Å². The summed E-state index contributed by atoms with van der Waals surface area (Å²) in [5.74, 6) is -0.238. The summed E-state index contributed by atoms with van der Waals surface area (Å²) < 4.78 is 7.44. The van der Waals surface area contributed by atoms with E-state index in [0.717, 1.165) is 5.56 Å². The number of ether oxygens (including phenoxy) is 1. The van der Waals surface area contributed by atoms with Gasteiger partial charge in [-0.2, -0.15) is 0 Å². The van der Waals surface area contributed by atoms with Crippen molar-refractivity contribution in [2.75, 3.05) is 7.11 Å². The number of aromatic nitrogens is 3. The van der Waals surface area contributed by atoms with Crippen LogP contribution in [0.25, 0.3) is 11.4 Å². The summed E-state index contributed by atoms with van der Waals surface area (Å²) >= 11 is 18.5. The third kappa shape index (κ3) is 6.54. The number of methoxy groups -OCH3 is 1. The Balaban J connectivity index is 1.57. The zero-order valence-electron chi connectivity index (χ0n) is 20.5. The number of carbonyl (C=O) groups is 2. The molecule has 3 aromatic carbocycles. The average Bonchev–Trinajstić information content (AvgIpc) is 3.20. The highest BCUT2D eigenvalue weighted by Gasteiger charge is 2.18. The van der Waals surface area contributed by atoms with Crippen molar-refractivity contribution in [3.05, 3.63) is 109 Å². The standard InChI is InChI=1S/C28H24Cl3N3O4/c1-38-27(36)20-6-2-5-18(15-20)16-33-26(19-11-13-21(29)14-12-19)32-34(28(33)37)17-22(35)7-3-8-23-24(30)9-4-10-25(23)31/h2,4-6,9-15H,3,7-8,16-17H2,1H3. The molecule has 0 aliphatic heterocycles. The van der Waals surface area contributed by atoms with Gasteiger partial charge in [-0.15, -0.1) is 5.10 Å². The molecule has 0 saturated carbocycles. The number of ketones is 1. The molecule has 1 aromatic heterocycles. The second-order valence-corrected chi connectivity index (χ2v) is 9.89. The maximum atomic E-state index is 13.4. The van der Waals surface area contributed by atoms with Crippen molar-refractivity contribution in [2.45, 2.75) is 32.4 Å². The number of benzene rings is 3. The topological polar surface area (TPSA) is 83.2 Å². The number of Topliss-reactive ketones (excluding diaryl/α,β-unsaturated/α-hetero) is 1. The summed E-state index contributed by atoms with van der Waals surface area (Å²) in [5, 5.41) is 6.14. The highest BCUT2D eigenvalue weighted by atomic mass is 35.5. The Kier molecular flexibility index (Phi) is 9.05. The largest absolute Gasteiger partial charge is 0.465 e. The third-order valence-electron chi connectivity index (χ3n) is 5.98. The fourth-order valence-electron chi connectivity index (χ4n) is 4.08. The molecule has 0 bridgehead atoms. The van der Waals surface area contributed by atoms with E-state index in [1.165, 1.54) is 16.4 Å². The molecular weight excluding hydrogens is 549 g/mol. The quantitative estimate of drug-likeness (QED) is 0.215. The molecule has 0 saturated heterocycles. The van der Waals surface area contributed by atoms with E-state index in [4.69, 9.17) is 39.5 Å². The van der Waals surface area contributed by atoms with Crippen LogP contribution in [-0.2, 0) is 29.0 Å². The first kappa shape index (κ1) is 27.6. The van der Waals surface area contributed by atoms with Gasteiger partial charge in [0, 0.05) is 27.1 Å². The molecule has 0 spiro atoms. The van der Waals surface area contributed by atoms with Gasteiger partial charge in [-0.1, -0.05) is 53.0 Å². The normalized spacial score (nSPS) is 10.9. The van der Waals surface area contributed by atoms with Crippen molar-refractivity contribution >= 4 is 46.6 Å². The molecule has 196 valence electrons. The lowest BCUT2D eigenvalue weighted by Gasteiger charge is -2.07. The van der Waals surface area contributed by atoms with Crippen molar-refractivity contribution in [3.8, 4) is 11.4 Å². The van der Waals surface area contributed by atoms with E-state index in [9.17, 15) is 14.4 Å². The summed E-state index contributed by atoms with van der Waals surface area (Å²) in [6.45, 7) is -0.0360. The van der Waals surface area contributed by atoms with E-state index in [0.29, 0.717) is 50.4 Å². The van der Waals surface area contributed by atoms with Gasteiger partial charge in [-0.05, 0) is 72.5 Å². The van der Waals surface area contributed by atoms with Crippen LogP contribution in [-0.4, -0.2) is 33.2 Å². The van der Waals surface area contributed by atoms with Gasteiger partial charge in [0.2, 0.25) is 0 Å². The minimum Gasteiger partial charge on any atom is -0.465 e. The maximum Gasteiger partial charge on any atom is 0.346 e. The lowest BCUT2D eigenvalue weighted by Crippen LogP contribution is -2.28. The average molecular weight is 573 g/mol. The van der Waals surface area contributed by atoms with E-state index < -0.39 is 11.7 Å². The number of rotatable bonds is 10. The van der Waals surface area contributed by atoms with Crippen LogP contribution in [0.3, 0.4) is 0 Å². The van der Waals surface area contributed by atoms with Gasteiger partial charge >= 0.3 is 11.7 Å². The molecular formula is C28H24Cl3N3O4. The van der Waals surface area contributed by atoms with Crippen LogP contribution in [0.4, 0.5) is 0 Å². The Morgan fingerprint density at radius 3 is 2.32 bits per heavy atom. The van der Waals surface area contributed by atoms with Crippen LogP contribution >= 0.6 is 34.8 Å². The number of carbonyl (C=O) groups excluding carboxylic acids is 2. The molecule has 38 heavy (non-hydrogen) atoms. The van der Waals surface area contributed by atoms with Gasteiger partial charge in [0.15, 0.2) is 11.6 Å². The zero-order chi connectivity index (χ0) is 27.2. The van der Waals surface area contributed by atoms with Crippen molar-refractivity contribution in [1.29, 1.82) is 0 Å². The van der Waals surface area contributed by atoms with Gasteiger partial charge in [0.05, 0.1) is 19.2 Å². The van der Waals surface area contributed by atoms with E-state index in [2.05, 4.69) is 5.10 Å². The summed E-state index contributed by atoms with van der Waals surface area (Å²) in [6, 6.07) is 19.0. The van der Waals surface area contributed by atoms with Gasteiger partial charge in [-0.3, -0.25) is 9.36 Å². The SMILES string of the molecule is COC(=O)c1cccc(Cn2c(-c3ccc(Cl)cc3)nn(CC(=O)CCCc3c(Cl)cccc3Cl)c2=O)c1. The van der Waals surface area contributed by atoms with E-state index in [-0.39, 0.29) is 25.3 Å². The lowest BCUT2D eigenvalue weighted by atomic mass is 10.1. The third-order valence-corrected chi connectivity index (χ3v) is 6.94. The van der Waals surface area contributed by atoms with Crippen molar-refractivity contribution in [1.82, 2.24) is 14.3 Å². The number of nitrogens with zero attached hydrogens (tertiary/aromatic N) is 3. The number of hydrogen-bond acceptors (Lipinski definition) is 5. The fraction of sp³-hybridized carbons (Fsp3) is 0.214. The summed E-state index contributed by atoms with van der Waals surface area (Å²) in [4.78, 5) is 38.2. The predicted octanol–water partition coefficient (Wildman–Crippen LogP) is 6.10. The summed E-state index contributed by atoms with van der Waals surface area (Å²) in [6.07, 6.45) is 1.31. The highest BCUT2D eigenvalue weighted by Crippen LogP contribution is 2.26. The minimum atomic E-state index is -0.475. The van der Waals surface area contributed by atoms with Crippen molar-refractivity contribution < 1.29 is 14.3 Å². The van der Waals surface area contributed by atoms with Crippen LogP contribution < -0.4 is 5.69 Å². The Hall–Kier alpha value is -3.39. The predicted molar refractivity (Wildman–Crippen MR) is 148 cm³/mol. The summed E-state index contributed by atoms with van der Waals surface area (Å²) in [5.41, 5.74) is 2.08. The molecule has 0 aliphatic carbocycles. The first-order chi connectivity index (χ1) is 18.3. The zero-order valence-corrected chi connectivity index (χ0v) is 22.8. The molecule has 7 nitrogen and oxygen atoms in total. The minimum absolute atomic E-state index is 0.140. The van der Waals surface area contributed by atoms with Gasteiger partial charge < -0.3 is 4.74 Å². The Bertz CT molecular complexity index is 1510. The second-order valence-electron chi connectivity index (χ2n) is 8.64. The molecule has 4 aromatic rings. The highest BCUT2D eigenvalue weighted by molar-refractivity contribution is 6.36.